The van der Waals surface area contributed by atoms with Gasteiger partial charge in [0.25, 0.3) is 0 Å². The molecule has 7 nitrogen and oxygen atoms in total. The maximum atomic E-state index is 12.7. The van der Waals surface area contributed by atoms with Crippen LogP contribution in [0.4, 0.5) is 5.13 Å². The Morgan fingerprint density at radius 1 is 1.25 bits per heavy atom. The number of likely N-dealkylation sites (tertiary alicyclic amines) is 1. The number of piperidine rings is 1. The molecule has 0 bridgehead atoms. The van der Waals surface area contributed by atoms with Crippen molar-refractivity contribution in [1.82, 2.24) is 14.3 Å². The first kappa shape index (κ1) is 19.6. The highest BCUT2D eigenvalue weighted by Gasteiger charge is 2.40. The topological polar surface area (TPSA) is 67.8 Å². The van der Waals surface area contributed by atoms with Crippen molar-refractivity contribution >= 4 is 34.2 Å². The fourth-order valence-electron chi connectivity index (χ4n) is 3.51. The van der Waals surface area contributed by atoms with E-state index in [9.17, 15) is 4.79 Å². The van der Waals surface area contributed by atoms with Crippen molar-refractivity contribution in [3.05, 3.63) is 40.7 Å². The molecule has 1 aromatic carbocycles. The van der Waals surface area contributed by atoms with Gasteiger partial charge in [-0.05, 0) is 17.7 Å². The SMILES string of the molecule is CN(CC(=O)N1CCC2(CC1)OCCO2)c1nc(Cc2ccc(Cl)cc2)ns1. The van der Waals surface area contributed by atoms with E-state index in [0.717, 1.165) is 29.4 Å². The number of carbonyl (C=O) groups excluding carboxylic acids is 1. The molecular weight excluding hydrogens is 400 g/mol. The molecule has 0 atom stereocenters. The summed E-state index contributed by atoms with van der Waals surface area (Å²) in [4.78, 5) is 21.0. The van der Waals surface area contributed by atoms with E-state index in [0.29, 0.717) is 37.7 Å². The van der Waals surface area contributed by atoms with Crippen molar-refractivity contribution in [2.45, 2.75) is 25.0 Å². The molecule has 9 heteroatoms. The van der Waals surface area contributed by atoms with Gasteiger partial charge >= 0.3 is 0 Å². The lowest BCUT2D eigenvalue weighted by atomic mass is 10.0. The Kier molecular flexibility index (Phi) is 5.82. The van der Waals surface area contributed by atoms with Crippen molar-refractivity contribution in [1.29, 1.82) is 0 Å². The number of likely N-dealkylation sites (N-methyl/N-ethyl adjacent to an activating group) is 1. The average Bonchev–Trinajstić information content (AvgIpc) is 3.34. The van der Waals surface area contributed by atoms with Crippen LogP contribution in [0.5, 0.6) is 0 Å². The quantitative estimate of drug-likeness (QED) is 0.737. The molecule has 150 valence electrons. The Balaban J connectivity index is 1.30. The van der Waals surface area contributed by atoms with Crippen LogP contribution in [0.3, 0.4) is 0 Å². The maximum Gasteiger partial charge on any atom is 0.242 e. The van der Waals surface area contributed by atoms with E-state index in [-0.39, 0.29) is 12.5 Å². The minimum atomic E-state index is -0.460. The summed E-state index contributed by atoms with van der Waals surface area (Å²) in [6.45, 7) is 2.89. The molecule has 0 radical (unpaired) electrons. The summed E-state index contributed by atoms with van der Waals surface area (Å²) in [6.07, 6.45) is 2.10. The number of nitrogens with zero attached hydrogens (tertiary/aromatic N) is 4. The lowest BCUT2D eigenvalue weighted by Crippen LogP contribution is -2.49. The van der Waals surface area contributed by atoms with E-state index in [1.54, 1.807) is 0 Å². The summed E-state index contributed by atoms with van der Waals surface area (Å²) < 4.78 is 15.9. The number of hydrogen-bond acceptors (Lipinski definition) is 7. The summed E-state index contributed by atoms with van der Waals surface area (Å²) in [5.74, 6) is 0.375. The molecule has 2 aliphatic heterocycles. The van der Waals surface area contributed by atoms with Crippen LogP contribution in [0.2, 0.25) is 5.02 Å². The lowest BCUT2D eigenvalue weighted by Gasteiger charge is -2.38. The van der Waals surface area contributed by atoms with Gasteiger partial charge in [-0.2, -0.15) is 4.37 Å². The van der Waals surface area contributed by atoms with Gasteiger partial charge in [0, 0.05) is 56.0 Å². The molecule has 1 amide bonds. The van der Waals surface area contributed by atoms with E-state index in [2.05, 4.69) is 9.36 Å². The Morgan fingerprint density at radius 3 is 2.61 bits per heavy atom. The third-order valence-electron chi connectivity index (χ3n) is 5.12. The van der Waals surface area contributed by atoms with Gasteiger partial charge in [-0.1, -0.05) is 23.7 Å². The third kappa shape index (κ3) is 4.46. The second-order valence-corrected chi connectivity index (χ2v) is 8.31. The maximum absolute atomic E-state index is 12.7. The molecule has 0 aliphatic carbocycles. The van der Waals surface area contributed by atoms with E-state index in [4.69, 9.17) is 21.1 Å². The van der Waals surface area contributed by atoms with Crippen LogP contribution in [-0.2, 0) is 20.7 Å². The Labute approximate surface area is 173 Å². The van der Waals surface area contributed by atoms with Gasteiger partial charge in [0.1, 0.15) is 5.82 Å². The molecule has 0 unspecified atom stereocenters. The summed E-state index contributed by atoms with van der Waals surface area (Å²) in [5, 5.41) is 1.46. The summed E-state index contributed by atoms with van der Waals surface area (Å²) in [5.41, 5.74) is 1.10. The van der Waals surface area contributed by atoms with Gasteiger partial charge in [0.2, 0.25) is 11.0 Å². The lowest BCUT2D eigenvalue weighted by molar-refractivity contribution is -0.187. The van der Waals surface area contributed by atoms with Crippen LogP contribution < -0.4 is 4.90 Å². The zero-order valence-corrected chi connectivity index (χ0v) is 17.3. The second-order valence-electron chi connectivity index (χ2n) is 7.14. The molecule has 2 aliphatic rings. The zero-order chi connectivity index (χ0) is 19.6. The van der Waals surface area contributed by atoms with Crippen LogP contribution >= 0.6 is 23.1 Å². The zero-order valence-electron chi connectivity index (χ0n) is 15.8. The van der Waals surface area contributed by atoms with E-state index >= 15 is 0 Å². The molecule has 2 fully saturated rings. The fraction of sp³-hybridized carbons (Fsp3) is 0.526. The number of ether oxygens (including phenoxy) is 2. The molecule has 2 saturated heterocycles. The summed E-state index contributed by atoms with van der Waals surface area (Å²) in [7, 11) is 1.87. The highest BCUT2D eigenvalue weighted by atomic mass is 35.5. The number of benzene rings is 1. The number of aromatic nitrogens is 2. The first-order valence-electron chi connectivity index (χ1n) is 9.37. The minimum absolute atomic E-state index is 0.0878. The molecule has 4 rings (SSSR count). The number of hydrogen-bond donors (Lipinski definition) is 0. The van der Waals surface area contributed by atoms with Crippen LogP contribution in [0.15, 0.2) is 24.3 Å². The molecule has 1 spiro atoms. The smallest absolute Gasteiger partial charge is 0.242 e. The van der Waals surface area contributed by atoms with E-state index in [1.165, 1.54) is 11.5 Å². The van der Waals surface area contributed by atoms with Crippen LogP contribution in [0.1, 0.15) is 24.2 Å². The number of rotatable bonds is 5. The minimum Gasteiger partial charge on any atom is -0.347 e. The molecular formula is C19H23ClN4O3S. The molecule has 28 heavy (non-hydrogen) atoms. The van der Waals surface area contributed by atoms with Crippen molar-refractivity contribution in [2.24, 2.45) is 0 Å². The molecule has 0 saturated carbocycles. The Hall–Kier alpha value is -1.74. The molecule has 0 N–H and O–H groups in total. The number of carbonyl (C=O) groups is 1. The number of halogens is 1. The van der Waals surface area contributed by atoms with Crippen molar-refractivity contribution in [2.75, 3.05) is 44.8 Å². The van der Waals surface area contributed by atoms with Gasteiger partial charge in [0.15, 0.2) is 5.79 Å². The highest BCUT2D eigenvalue weighted by Crippen LogP contribution is 2.31. The van der Waals surface area contributed by atoms with Gasteiger partial charge in [-0.25, -0.2) is 4.98 Å². The normalized spacial score (nSPS) is 18.6. The predicted molar refractivity (Wildman–Crippen MR) is 108 cm³/mol. The van der Waals surface area contributed by atoms with Crippen molar-refractivity contribution < 1.29 is 14.3 Å². The largest absolute Gasteiger partial charge is 0.347 e. The van der Waals surface area contributed by atoms with Crippen LogP contribution in [0.25, 0.3) is 0 Å². The monoisotopic (exact) mass is 422 g/mol. The highest BCUT2D eigenvalue weighted by molar-refractivity contribution is 7.09. The van der Waals surface area contributed by atoms with E-state index in [1.807, 2.05) is 41.1 Å². The van der Waals surface area contributed by atoms with Gasteiger partial charge in [0.05, 0.1) is 19.8 Å². The Morgan fingerprint density at radius 2 is 1.93 bits per heavy atom. The first-order valence-corrected chi connectivity index (χ1v) is 10.5. The van der Waals surface area contributed by atoms with Gasteiger partial charge in [-0.15, -0.1) is 0 Å². The fourth-order valence-corrected chi connectivity index (χ4v) is 4.28. The number of amides is 1. The second kappa shape index (κ2) is 8.32. The van der Waals surface area contributed by atoms with Crippen LogP contribution in [0, 0.1) is 0 Å². The third-order valence-corrected chi connectivity index (χ3v) is 6.24. The standard InChI is InChI=1S/C19H23ClN4O3S/c1-23(13-17(25)24-8-6-19(7-9-24)26-10-11-27-19)18-21-16(22-28-18)12-14-2-4-15(20)5-3-14/h2-5H,6-13H2,1H3. The molecule has 1 aromatic heterocycles. The first-order chi connectivity index (χ1) is 13.5. The average molecular weight is 423 g/mol. The van der Waals surface area contributed by atoms with Crippen molar-refractivity contribution in [3.8, 4) is 0 Å². The van der Waals surface area contributed by atoms with Crippen LogP contribution in [-0.4, -0.2) is 65.8 Å². The predicted octanol–water partition coefficient (Wildman–Crippen LogP) is 2.58. The number of anilines is 1. The van der Waals surface area contributed by atoms with Crippen molar-refractivity contribution in [3.63, 3.8) is 0 Å². The van der Waals surface area contributed by atoms with E-state index < -0.39 is 5.79 Å². The van der Waals surface area contributed by atoms with Gasteiger partial charge < -0.3 is 19.3 Å². The van der Waals surface area contributed by atoms with Gasteiger partial charge in [-0.3, -0.25) is 4.79 Å². The molecule has 3 heterocycles. The Bertz CT molecular complexity index is 813. The summed E-state index contributed by atoms with van der Waals surface area (Å²) in [6, 6.07) is 7.66. The summed E-state index contributed by atoms with van der Waals surface area (Å²) >= 11 is 7.23. The molecule has 2 aromatic rings.